The van der Waals surface area contributed by atoms with E-state index >= 15 is 0 Å². The molecule has 2 aromatic rings. The molecule has 0 aliphatic heterocycles. The number of nitrogens with one attached hydrogen (secondary N) is 3. The fraction of sp³-hybridized carbons (Fsp3) is 0.333. The van der Waals surface area contributed by atoms with Gasteiger partial charge in [-0.15, -0.1) is 0 Å². The van der Waals surface area contributed by atoms with Crippen molar-refractivity contribution < 1.29 is 9.53 Å². The molecule has 0 aliphatic carbocycles. The second-order valence-electron chi connectivity index (χ2n) is 6.10. The summed E-state index contributed by atoms with van der Waals surface area (Å²) in [6.45, 7) is 5.48. The van der Waals surface area contributed by atoms with Crippen LogP contribution in [0.15, 0.2) is 47.5 Å². The number of aliphatic imine (C=N–C) groups is 1. The highest BCUT2D eigenvalue weighted by molar-refractivity contribution is 6.31. The van der Waals surface area contributed by atoms with Gasteiger partial charge in [-0.1, -0.05) is 35.9 Å². The normalized spacial score (nSPS) is 11.1. The average Bonchev–Trinajstić information content (AvgIpc) is 2.69. The van der Waals surface area contributed by atoms with E-state index in [2.05, 4.69) is 20.9 Å². The van der Waals surface area contributed by atoms with Gasteiger partial charge in [0.1, 0.15) is 5.75 Å². The Morgan fingerprint density at radius 2 is 1.93 bits per heavy atom. The number of ether oxygens (including phenoxy) is 1. The first-order valence-electron chi connectivity index (χ1n) is 9.25. The molecule has 1 amide bonds. The smallest absolute Gasteiger partial charge is 0.226 e. The quantitative estimate of drug-likeness (QED) is 0.464. The Balaban J connectivity index is 1.79. The van der Waals surface area contributed by atoms with E-state index in [-0.39, 0.29) is 5.91 Å². The number of halogens is 1. The molecule has 6 nitrogen and oxygen atoms in total. The Hall–Kier alpha value is -2.73. The van der Waals surface area contributed by atoms with Gasteiger partial charge in [0.2, 0.25) is 5.91 Å². The fourth-order valence-electron chi connectivity index (χ4n) is 2.60. The van der Waals surface area contributed by atoms with E-state index in [0.717, 1.165) is 22.6 Å². The third-order valence-electron chi connectivity index (χ3n) is 4.13. The molecule has 0 heterocycles. The van der Waals surface area contributed by atoms with Crippen LogP contribution in [0.1, 0.15) is 24.5 Å². The van der Waals surface area contributed by atoms with Crippen LogP contribution in [0, 0.1) is 6.92 Å². The molecule has 150 valence electrons. The number of carbonyl (C=O) groups is 1. The van der Waals surface area contributed by atoms with Crippen LogP contribution in [0.5, 0.6) is 5.75 Å². The van der Waals surface area contributed by atoms with E-state index in [0.29, 0.717) is 37.1 Å². The summed E-state index contributed by atoms with van der Waals surface area (Å²) < 4.78 is 5.63. The first-order valence-corrected chi connectivity index (χ1v) is 9.63. The summed E-state index contributed by atoms with van der Waals surface area (Å²) in [7, 11) is 1.69. The van der Waals surface area contributed by atoms with Crippen molar-refractivity contribution in [3.05, 3.63) is 58.6 Å². The SMILES string of the molecule is CCOc1ccccc1CNC(=NC)NCCC(=O)Nc1cccc(Cl)c1C. The van der Waals surface area contributed by atoms with Gasteiger partial charge in [-0.2, -0.15) is 0 Å². The van der Waals surface area contributed by atoms with E-state index in [1.54, 1.807) is 13.1 Å². The Bertz CT molecular complexity index is 824. The lowest BCUT2D eigenvalue weighted by atomic mass is 10.2. The van der Waals surface area contributed by atoms with Crippen molar-refractivity contribution in [2.24, 2.45) is 4.99 Å². The van der Waals surface area contributed by atoms with Crippen molar-refractivity contribution in [3.8, 4) is 5.75 Å². The van der Waals surface area contributed by atoms with Crippen LogP contribution in [0.25, 0.3) is 0 Å². The molecule has 0 unspecified atom stereocenters. The van der Waals surface area contributed by atoms with E-state index in [1.165, 1.54) is 0 Å². The van der Waals surface area contributed by atoms with Crippen LogP contribution < -0.4 is 20.7 Å². The number of rotatable bonds is 8. The first-order chi connectivity index (χ1) is 13.5. The van der Waals surface area contributed by atoms with Crippen molar-refractivity contribution in [2.75, 3.05) is 25.5 Å². The summed E-state index contributed by atoms with van der Waals surface area (Å²) in [6, 6.07) is 13.3. The van der Waals surface area contributed by atoms with Crippen LogP contribution >= 0.6 is 11.6 Å². The molecular formula is C21H27ClN4O2. The third-order valence-corrected chi connectivity index (χ3v) is 4.54. The molecule has 0 fully saturated rings. The maximum absolute atomic E-state index is 12.2. The summed E-state index contributed by atoms with van der Waals surface area (Å²) in [5.41, 5.74) is 2.63. The Morgan fingerprint density at radius 3 is 2.68 bits per heavy atom. The van der Waals surface area contributed by atoms with Crippen LogP contribution in [0.2, 0.25) is 5.02 Å². The van der Waals surface area contributed by atoms with E-state index in [1.807, 2.05) is 50.2 Å². The Morgan fingerprint density at radius 1 is 1.14 bits per heavy atom. The van der Waals surface area contributed by atoms with Gasteiger partial charge in [0, 0.05) is 42.8 Å². The number of benzene rings is 2. The number of amides is 1. The number of guanidine groups is 1. The number of para-hydroxylation sites is 1. The lowest BCUT2D eigenvalue weighted by molar-refractivity contribution is -0.116. The molecule has 0 spiro atoms. The number of hydrogen-bond donors (Lipinski definition) is 3. The van der Waals surface area contributed by atoms with Crippen LogP contribution in [0.4, 0.5) is 5.69 Å². The molecule has 2 aromatic carbocycles. The Kier molecular flexibility index (Phi) is 8.62. The largest absolute Gasteiger partial charge is 0.494 e. The first kappa shape index (κ1) is 21.6. The predicted molar refractivity (Wildman–Crippen MR) is 115 cm³/mol. The fourth-order valence-corrected chi connectivity index (χ4v) is 2.77. The maximum atomic E-state index is 12.2. The molecule has 0 atom stereocenters. The van der Waals surface area contributed by atoms with Gasteiger partial charge in [0.25, 0.3) is 0 Å². The summed E-state index contributed by atoms with van der Waals surface area (Å²) in [5, 5.41) is 9.89. The molecule has 0 saturated carbocycles. The standard InChI is InChI=1S/C21H27ClN4O2/c1-4-28-19-11-6-5-8-16(19)14-25-21(23-3)24-13-12-20(27)26-18-10-7-9-17(22)15(18)2/h5-11H,4,12-14H2,1-3H3,(H,26,27)(H2,23,24,25). The molecule has 3 N–H and O–H groups in total. The summed E-state index contributed by atoms with van der Waals surface area (Å²) in [6.07, 6.45) is 0.308. The van der Waals surface area contributed by atoms with E-state index in [4.69, 9.17) is 16.3 Å². The van der Waals surface area contributed by atoms with Gasteiger partial charge >= 0.3 is 0 Å². The maximum Gasteiger partial charge on any atom is 0.226 e. The number of anilines is 1. The number of carbonyl (C=O) groups excluding carboxylic acids is 1. The minimum absolute atomic E-state index is 0.0880. The number of nitrogens with zero attached hydrogens (tertiary/aromatic N) is 1. The van der Waals surface area contributed by atoms with Crippen LogP contribution in [0.3, 0.4) is 0 Å². The highest BCUT2D eigenvalue weighted by Crippen LogP contribution is 2.23. The predicted octanol–water partition coefficient (Wildman–Crippen LogP) is 3.74. The molecule has 0 radical (unpaired) electrons. The lowest BCUT2D eigenvalue weighted by Gasteiger charge is -2.14. The molecule has 7 heteroatoms. The van der Waals surface area contributed by atoms with Crippen LogP contribution in [-0.2, 0) is 11.3 Å². The van der Waals surface area contributed by atoms with Gasteiger partial charge < -0.3 is 20.7 Å². The minimum atomic E-state index is -0.0880. The van der Waals surface area contributed by atoms with Crippen molar-refractivity contribution >= 4 is 29.2 Å². The second-order valence-corrected chi connectivity index (χ2v) is 6.51. The zero-order valence-corrected chi connectivity index (χ0v) is 17.3. The molecular weight excluding hydrogens is 376 g/mol. The molecule has 0 saturated heterocycles. The van der Waals surface area contributed by atoms with Gasteiger partial charge in [0.15, 0.2) is 5.96 Å². The molecule has 0 aliphatic rings. The average molecular weight is 403 g/mol. The summed E-state index contributed by atoms with van der Waals surface area (Å²) >= 11 is 6.08. The second kappa shape index (κ2) is 11.2. The lowest BCUT2D eigenvalue weighted by Crippen LogP contribution is -2.38. The van der Waals surface area contributed by atoms with Gasteiger partial charge in [0.05, 0.1) is 6.61 Å². The van der Waals surface area contributed by atoms with Gasteiger partial charge in [-0.25, -0.2) is 0 Å². The molecule has 0 aromatic heterocycles. The van der Waals surface area contributed by atoms with Gasteiger partial charge in [-0.05, 0) is 37.6 Å². The van der Waals surface area contributed by atoms with Crippen molar-refractivity contribution in [3.63, 3.8) is 0 Å². The minimum Gasteiger partial charge on any atom is -0.494 e. The molecule has 0 bridgehead atoms. The topological polar surface area (TPSA) is 74.8 Å². The zero-order chi connectivity index (χ0) is 20.4. The van der Waals surface area contributed by atoms with E-state index < -0.39 is 0 Å². The van der Waals surface area contributed by atoms with E-state index in [9.17, 15) is 4.79 Å². The third kappa shape index (κ3) is 6.46. The Labute approximate surface area is 171 Å². The van der Waals surface area contributed by atoms with Crippen molar-refractivity contribution in [2.45, 2.75) is 26.8 Å². The van der Waals surface area contributed by atoms with Crippen molar-refractivity contribution in [1.82, 2.24) is 10.6 Å². The highest BCUT2D eigenvalue weighted by atomic mass is 35.5. The highest BCUT2D eigenvalue weighted by Gasteiger charge is 2.08. The monoisotopic (exact) mass is 402 g/mol. The number of hydrogen-bond acceptors (Lipinski definition) is 3. The summed E-state index contributed by atoms with van der Waals surface area (Å²) in [4.78, 5) is 16.4. The van der Waals surface area contributed by atoms with Crippen molar-refractivity contribution in [1.29, 1.82) is 0 Å². The van der Waals surface area contributed by atoms with Crippen LogP contribution in [-0.4, -0.2) is 32.1 Å². The zero-order valence-electron chi connectivity index (χ0n) is 16.5. The summed E-state index contributed by atoms with van der Waals surface area (Å²) in [5.74, 6) is 1.39. The van der Waals surface area contributed by atoms with Gasteiger partial charge in [-0.3, -0.25) is 9.79 Å². The molecule has 2 rings (SSSR count). The molecule has 28 heavy (non-hydrogen) atoms.